The highest BCUT2D eigenvalue weighted by atomic mass is 16.7. The second kappa shape index (κ2) is 20.9. The van der Waals surface area contributed by atoms with E-state index in [4.69, 9.17) is 33.2 Å². The van der Waals surface area contributed by atoms with E-state index in [0.29, 0.717) is 51.9 Å². The molecule has 0 atom stereocenters. The largest absolute Gasteiger partial charge is 0.508 e. The number of nitrogens with one attached hydrogen (secondary N) is 2. The first-order valence-corrected chi connectivity index (χ1v) is 16.7. The lowest BCUT2D eigenvalue weighted by molar-refractivity contribution is -0.213. The molecule has 3 aromatic carbocycles. The van der Waals surface area contributed by atoms with Gasteiger partial charge in [0.05, 0.1) is 26.4 Å². The number of carbonyl (C=O) groups is 2. The van der Waals surface area contributed by atoms with Crippen LogP contribution >= 0.6 is 0 Å². The van der Waals surface area contributed by atoms with Crippen molar-refractivity contribution >= 4 is 11.8 Å². The van der Waals surface area contributed by atoms with E-state index in [1.165, 1.54) is 13.8 Å². The van der Waals surface area contributed by atoms with Crippen molar-refractivity contribution in [2.24, 2.45) is 0 Å². The Balaban J connectivity index is 0.000000230. The van der Waals surface area contributed by atoms with Crippen molar-refractivity contribution in [3.63, 3.8) is 0 Å². The summed E-state index contributed by atoms with van der Waals surface area (Å²) in [6.45, 7) is 6.71. The van der Waals surface area contributed by atoms with Crippen molar-refractivity contribution < 1.29 is 47.9 Å². The first-order chi connectivity index (χ1) is 23.8. The summed E-state index contributed by atoms with van der Waals surface area (Å²) in [6.07, 6.45) is 2.37. The fourth-order valence-corrected chi connectivity index (χ4v) is 4.85. The molecule has 2 heterocycles. The van der Waals surface area contributed by atoms with Crippen molar-refractivity contribution in [3.8, 4) is 23.0 Å². The summed E-state index contributed by atoms with van der Waals surface area (Å²) in [5.74, 6) is 2.39. The monoisotopic (exact) mass is 680 g/mol. The molecule has 5 rings (SSSR count). The lowest BCUT2D eigenvalue weighted by atomic mass is 10.2. The van der Waals surface area contributed by atoms with Crippen molar-refractivity contribution in [1.82, 2.24) is 10.6 Å². The van der Waals surface area contributed by atoms with E-state index in [1.807, 2.05) is 54.6 Å². The Morgan fingerprint density at radius 1 is 0.653 bits per heavy atom. The molecule has 49 heavy (non-hydrogen) atoms. The van der Waals surface area contributed by atoms with Crippen LogP contribution in [-0.4, -0.2) is 81.2 Å². The van der Waals surface area contributed by atoms with E-state index in [9.17, 15) is 14.7 Å². The molecule has 2 fully saturated rings. The molecule has 3 N–H and O–H groups in total. The second-order valence-electron chi connectivity index (χ2n) is 11.7. The third kappa shape index (κ3) is 15.2. The van der Waals surface area contributed by atoms with Gasteiger partial charge < -0.3 is 48.9 Å². The van der Waals surface area contributed by atoms with Crippen molar-refractivity contribution in [2.45, 2.75) is 70.9 Å². The SMILES string of the molecule is CC(=O)NCCCC1OCC(Oc2ccc(O)cc2)CO1.CC(=O)NCCCC1OCC(Oc2ccc(OCc3ccccc3)cc2)CO1. The number of phenols is 1. The maximum Gasteiger partial charge on any atom is 0.216 e. The van der Waals surface area contributed by atoms with E-state index < -0.39 is 0 Å². The molecule has 2 amide bonds. The summed E-state index contributed by atoms with van der Waals surface area (Å²) in [5, 5.41) is 14.7. The van der Waals surface area contributed by atoms with E-state index in [0.717, 1.165) is 42.7 Å². The minimum absolute atomic E-state index is 0.0181. The van der Waals surface area contributed by atoms with Gasteiger partial charge in [-0.1, -0.05) is 30.3 Å². The maximum atomic E-state index is 10.8. The number of ether oxygens (including phenoxy) is 7. The first kappa shape index (κ1) is 37.5. The summed E-state index contributed by atoms with van der Waals surface area (Å²) in [4.78, 5) is 21.6. The van der Waals surface area contributed by atoms with Crippen LogP contribution in [0.2, 0.25) is 0 Å². The van der Waals surface area contributed by atoms with Gasteiger partial charge in [-0.25, -0.2) is 0 Å². The zero-order chi connectivity index (χ0) is 34.7. The quantitative estimate of drug-likeness (QED) is 0.193. The van der Waals surface area contributed by atoms with E-state index in [2.05, 4.69) is 10.6 Å². The highest BCUT2D eigenvalue weighted by molar-refractivity contribution is 5.73. The van der Waals surface area contributed by atoms with Crippen LogP contribution in [0.4, 0.5) is 0 Å². The smallest absolute Gasteiger partial charge is 0.216 e. The molecule has 0 bridgehead atoms. The molecule has 3 aromatic rings. The number of benzene rings is 3. The fourth-order valence-electron chi connectivity index (χ4n) is 4.85. The summed E-state index contributed by atoms with van der Waals surface area (Å²) in [6, 6.07) is 24.2. The Bertz CT molecular complexity index is 1360. The molecule has 266 valence electrons. The maximum absolute atomic E-state index is 10.8. The van der Waals surface area contributed by atoms with Gasteiger partial charge in [-0.15, -0.1) is 0 Å². The first-order valence-electron chi connectivity index (χ1n) is 16.7. The van der Waals surface area contributed by atoms with Gasteiger partial charge in [0.1, 0.15) is 41.8 Å². The molecular formula is C37H48N2O10. The number of hydrogen-bond donors (Lipinski definition) is 3. The summed E-state index contributed by atoms with van der Waals surface area (Å²) < 4.78 is 40.0. The molecule has 0 radical (unpaired) electrons. The molecule has 2 saturated heterocycles. The Hall–Kier alpha value is -4.36. The number of amides is 2. The van der Waals surface area contributed by atoms with Gasteiger partial charge in [-0.05, 0) is 66.9 Å². The number of aromatic hydroxyl groups is 1. The van der Waals surface area contributed by atoms with Crippen molar-refractivity contribution in [1.29, 1.82) is 0 Å². The number of phenolic OH excluding ortho intramolecular Hbond substituents is 1. The third-order valence-electron chi connectivity index (χ3n) is 7.37. The van der Waals surface area contributed by atoms with E-state index >= 15 is 0 Å². The van der Waals surface area contributed by atoms with Gasteiger partial charge in [0.2, 0.25) is 11.8 Å². The van der Waals surface area contributed by atoms with Crippen LogP contribution in [0.3, 0.4) is 0 Å². The lowest BCUT2D eigenvalue weighted by Gasteiger charge is -2.29. The third-order valence-corrected chi connectivity index (χ3v) is 7.37. The van der Waals surface area contributed by atoms with Gasteiger partial charge in [0, 0.05) is 39.8 Å². The predicted molar refractivity (Wildman–Crippen MR) is 181 cm³/mol. The van der Waals surface area contributed by atoms with Gasteiger partial charge >= 0.3 is 0 Å². The summed E-state index contributed by atoms with van der Waals surface area (Å²) >= 11 is 0. The van der Waals surface area contributed by atoms with Crippen LogP contribution in [0, 0.1) is 0 Å². The van der Waals surface area contributed by atoms with E-state index in [-0.39, 0.29) is 42.4 Å². The number of hydrogen-bond acceptors (Lipinski definition) is 10. The molecule has 0 aromatic heterocycles. The van der Waals surface area contributed by atoms with Gasteiger partial charge in [-0.3, -0.25) is 9.59 Å². The minimum atomic E-state index is -0.238. The zero-order valence-corrected chi connectivity index (χ0v) is 28.2. The van der Waals surface area contributed by atoms with Crippen LogP contribution in [0.25, 0.3) is 0 Å². The van der Waals surface area contributed by atoms with Crippen LogP contribution < -0.4 is 24.8 Å². The number of carbonyl (C=O) groups excluding carboxylic acids is 2. The van der Waals surface area contributed by atoms with Crippen LogP contribution in [-0.2, 0) is 35.1 Å². The Kier molecular flexibility index (Phi) is 16.0. The van der Waals surface area contributed by atoms with E-state index in [1.54, 1.807) is 24.3 Å². The normalized spacial score (nSPS) is 20.2. The summed E-state index contributed by atoms with van der Waals surface area (Å²) in [7, 11) is 0. The molecule has 0 spiro atoms. The molecular weight excluding hydrogens is 632 g/mol. The molecule has 12 heteroatoms. The lowest BCUT2D eigenvalue weighted by Crippen LogP contribution is -2.39. The molecule has 12 nitrogen and oxygen atoms in total. The average Bonchev–Trinajstić information content (AvgIpc) is 3.11. The number of rotatable bonds is 15. The van der Waals surface area contributed by atoms with Crippen LogP contribution in [0.1, 0.15) is 45.1 Å². The van der Waals surface area contributed by atoms with Gasteiger partial charge in [0.15, 0.2) is 12.6 Å². The minimum Gasteiger partial charge on any atom is -0.508 e. The topological polar surface area (TPSA) is 143 Å². The fraction of sp³-hybridized carbons (Fsp3) is 0.459. The highest BCUT2D eigenvalue weighted by Gasteiger charge is 2.24. The molecule has 2 aliphatic heterocycles. The molecule has 0 aliphatic carbocycles. The van der Waals surface area contributed by atoms with Crippen molar-refractivity contribution in [3.05, 3.63) is 84.4 Å². The van der Waals surface area contributed by atoms with Crippen LogP contribution in [0.5, 0.6) is 23.0 Å². The van der Waals surface area contributed by atoms with Gasteiger partial charge in [-0.2, -0.15) is 0 Å². The Morgan fingerprint density at radius 2 is 1.08 bits per heavy atom. The highest BCUT2D eigenvalue weighted by Crippen LogP contribution is 2.22. The van der Waals surface area contributed by atoms with Crippen molar-refractivity contribution in [2.75, 3.05) is 39.5 Å². The molecule has 0 saturated carbocycles. The summed E-state index contributed by atoms with van der Waals surface area (Å²) in [5.41, 5.74) is 1.13. The zero-order valence-electron chi connectivity index (χ0n) is 28.2. The Morgan fingerprint density at radius 3 is 1.53 bits per heavy atom. The van der Waals surface area contributed by atoms with Gasteiger partial charge in [0.25, 0.3) is 0 Å². The molecule has 2 aliphatic rings. The Labute approximate surface area is 287 Å². The standard InChI is InChI=1S/C22H27NO5.C15H21NO5/c1-17(24)23-13-5-8-22-26-15-21(16-27-22)28-20-11-9-19(10-12-20)25-14-18-6-3-2-4-7-18;1-11(17)16-8-2-3-15-19-9-14(10-20-15)21-13-6-4-12(18)5-7-13/h2-4,6-7,9-12,21-22H,5,8,13-16H2,1H3,(H,23,24);4-7,14-15,18H,2-3,8-10H2,1H3,(H,16,17). The predicted octanol–water partition coefficient (Wildman–Crippen LogP) is 4.73. The molecule has 0 unspecified atom stereocenters. The average molecular weight is 681 g/mol. The second-order valence-corrected chi connectivity index (χ2v) is 11.7. The van der Waals surface area contributed by atoms with Crippen LogP contribution in [0.15, 0.2) is 78.9 Å².